The Balaban J connectivity index is 1.16. The molecule has 5 rings (SSSR count). The lowest BCUT2D eigenvalue weighted by molar-refractivity contribution is -0.146. The van der Waals surface area contributed by atoms with Crippen LogP contribution in [0.1, 0.15) is 11.1 Å². The molecule has 0 atom stereocenters. The summed E-state index contributed by atoms with van der Waals surface area (Å²) in [5.74, 6) is -0.901. The van der Waals surface area contributed by atoms with Crippen molar-refractivity contribution in [3.8, 4) is 16.3 Å². The Morgan fingerprint density at radius 3 is 2.74 bits per heavy atom. The number of anilines is 1. The molecular weight excluding hydrogens is 452 g/mol. The number of rotatable bonds is 6. The zero-order valence-electron chi connectivity index (χ0n) is 18.2. The number of aryl methyl sites for hydroxylation is 1. The van der Waals surface area contributed by atoms with Gasteiger partial charge in [0, 0.05) is 28.3 Å². The van der Waals surface area contributed by atoms with Crippen LogP contribution in [-0.2, 0) is 20.7 Å². The minimum absolute atomic E-state index is 0.0402. The molecule has 0 unspecified atom stereocenters. The average Bonchev–Trinajstić information content (AvgIpc) is 3.41. The standard InChI is InChI=1S/C26H20N2O5S/c1-15-2-9-21-23(10-15)34-26(28-21)16-3-5-18(6-4-16)27-24(30)14-33-25(31)11-17-13-32-22-12-19(29)7-8-20(17)22/h2-10,12-13,29H,11,14H2,1H3,(H,27,30). The zero-order valence-corrected chi connectivity index (χ0v) is 19.0. The van der Waals surface area contributed by atoms with E-state index in [4.69, 9.17) is 9.15 Å². The molecule has 2 heterocycles. The lowest BCUT2D eigenvalue weighted by atomic mass is 10.1. The predicted octanol–water partition coefficient (Wildman–Crippen LogP) is 5.45. The molecule has 0 bridgehead atoms. The van der Waals surface area contributed by atoms with Crippen molar-refractivity contribution in [1.82, 2.24) is 4.98 Å². The second kappa shape index (κ2) is 8.99. The second-order valence-corrected chi connectivity index (χ2v) is 8.93. The van der Waals surface area contributed by atoms with E-state index >= 15 is 0 Å². The summed E-state index contributed by atoms with van der Waals surface area (Å²) < 4.78 is 11.6. The maximum absolute atomic E-state index is 12.2. The van der Waals surface area contributed by atoms with Crippen LogP contribution in [0, 0.1) is 6.92 Å². The molecule has 0 fully saturated rings. The molecule has 170 valence electrons. The normalized spacial score (nSPS) is 11.1. The Morgan fingerprint density at radius 1 is 1.09 bits per heavy atom. The summed E-state index contributed by atoms with van der Waals surface area (Å²) in [6, 6.07) is 18.2. The number of phenols is 1. The van der Waals surface area contributed by atoms with Crippen molar-refractivity contribution in [3.63, 3.8) is 0 Å². The number of aromatic hydroxyl groups is 1. The van der Waals surface area contributed by atoms with Gasteiger partial charge in [0.15, 0.2) is 6.61 Å². The van der Waals surface area contributed by atoms with E-state index in [1.807, 2.05) is 24.3 Å². The smallest absolute Gasteiger partial charge is 0.310 e. The molecule has 0 spiro atoms. The summed E-state index contributed by atoms with van der Waals surface area (Å²) >= 11 is 1.62. The Kier molecular flexibility index (Phi) is 5.73. The fourth-order valence-corrected chi connectivity index (χ4v) is 4.68. The maximum atomic E-state index is 12.2. The number of ether oxygens (including phenoxy) is 1. The quantitative estimate of drug-likeness (QED) is 0.319. The van der Waals surface area contributed by atoms with E-state index in [2.05, 4.69) is 23.3 Å². The monoisotopic (exact) mass is 472 g/mol. The molecular formula is C26H20N2O5S. The Hall–Kier alpha value is -4.17. The third-order valence-electron chi connectivity index (χ3n) is 5.30. The highest BCUT2D eigenvalue weighted by Gasteiger charge is 2.14. The highest BCUT2D eigenvalue weighted by molar-refractivity contribution is 7.21. The van der Waals surface area contributed by atoms with Gasteiger partial charge in [0.25, 0.3) is 5.91 Å². The van der Waals surface area contributed by atoms with Gasteiger partial charge in [-0.2, -0.15) is 0 Å². The van der Waals surface area contributed by atoms with Crippen molar-refractivity contribution in [2.45, 2.75) is 13.3 Å². The lowest BCUT2D eigenvalue weighted by Gasteiger charge is -2.07. The summed E-state index contributed by atoms with van der Waals surface area (Å²) in [4.78, 5) is 29.1. The molecule has 2 aromatic heterocycles. The van der Waals surface area contributed by atoms with Gasteiger partial charge in [-0.1, -0.05) is 6.07 Å². The van der Waals surface area contributed by atoms with Crippen LogP contribution in [0.3, 0.4) is 0 Å². The number of amides is 1. The van der Waals surface area contributed by atoms with Gasteiger partial charge in [0.1, 0.15) is 16.3 Å². The van der Waals surface area contributed by atoms with E-state index < -0.39 is 18.5 Å². The van der Waals surface area contributed by atoms with Crippen LogP contribution in [0.4, 0.5) is 5.69 Å². The summed E-state index contributed by atoms with van der Waals surface area (Å²) in [7, 11) is 0. The van der Waals surface area contributed by atoms with Gasteiger partial charge in [-0.3, -0.25) is 9.59 Å². The van der Waals surface area contributed by atoms with Gasteiger partial charge in [-0.05, 0) is 61.0 Å². The first-order valence-corrected chi connectivity index (χ1v) is 11.4. The molecule has 7 nitrogen and oxygen atoms in total. The molecule has 0 saturated heterocycles. The average molecular weight is 473 g/mol. The summed E-state index contributed by atoms with van der Waals surface area (Å²) in [5, 5.41) is 13.8. The number of hydrogen-bond donors (Lipinski definition) is 2. The van der Waals surface area contributed by atoms with Gasteiger partial charge in [0.05, 0.1) is 22.9 Å². The van der Waals surface area contributed by atoms with Crippen molar-refractivity contribution < 1.29 is 23.8 Å². The molecule has 0 aliphatic carbocycles. The molecule has 0 saturated carbocycles. The van der Waals surface area contributed by atoms with E-state index in [-0.39, 0.29) is 12.2 Å². The largest absolute Gasteiger partial charge is 0.508 e. The third-order valence-corrected chi connectivity index (χ3v) is 6.37. The van der Waals surface area contributed by atoms with Crippen LogP contribution in [0.5, 0.6) is 5.75 Å². The van der Waals surface area contributed by atoms with Gasteiger partial charge < -0.3 is 19.6 Å². The first-order valence-electron chi connectivity index (χ1n) is 10.6. The summed E-state index contributed by atoms with van der Waals surface area (Å²) in [5.41, 5.74) is 4.82. The number of fused-ring (bicyclic) bond motifs is 2. The molecule has 8 heteroatoms. The number of carbonyl (C=O) groups excluding carboxylic acids is 2. The topological polar surface area (TPSA) is 102 Å². The van der Waals surface area contributed by atoms with Gasteiger partial charge >= 0.3 is 5.97 Å². The van der Waals surface area contributed by atoms with Crippen molar-refractivity contribution in [2.24, 2.45) is 0 Å². The Labute approximate surface area is 198 Å². The van der Waals surface area contributed by atoms with Gasteiger partial charge in [-0.15, -0.1) is 11.3 Å². The molecule has 0 aliphatic rings. The number of hydrogen-bond acceptors (Lipinski definition) is 7. The van der Waals surface area contributed by atoms with Crippen molar-refractivity contribution in [2.75, 3.05) is 11.9 Å². The van der Waals surface area contributed by atoms with E-state index in [9.17, 15) is 14.7 Å². The fourth-order valence-electron chi connectivity index (χ4n) is 3.61. The van der Waals surface area contributed by atoms with Gasteiger partial charge in [0.2, 0.25) is 0 Å². The number of phenolic OH excluding ortho intramolecular Hbond substituents is 1. The van der Waals surface area contributed by atoms with Gasteiger partial charge in [-0.25, -0.2) is 4.98 Å². The van der Waals surface area contributed by atoms with Crippen LogP contribution in [0.25, 0.3) is 31.8 Å². The number of esters is 1. The molecule has 2 N–H and O–H groups in total. The van der Waals surface area contributed by atoms with Crippen LogP contribution in [-0.4, -0.2) is 28.6 Å². The van der Waals surface area contributed by atoms with E-state index in [0.717, 1.165) is 20.8 Å². The van der Waals surface area contributed by atoms with Crippen LogP contribution in [0.15, 0.2) is 71.3 Å². The number of benzene rings is 3. The second-order valence-electron chi connectivity index (χ2n) is 7.89. The predicted molar refractivity (Wildman–Crippen MR) is 131 cm³/mol. The number of furan rings is 1. The third kappa shape index (κ3) is 4.62. The first-order chi connectivity index (χ1) is 16.4. The van der Waals surface area contributed by atoms with E-state index in [1.165, 1.54) is 24.0 Å². The minimum atomic E-state index is -0.549. The zero-order chi connectivity index (χ0) is 23.7. The first kappa shape index (κ1) is 21.7. The van der Waals surface area contributed by atoms with Crippen LogP contribution < -0.4 is 5.32 Å². The minimum Gasteiger partial charge on any atom is -0.508 e. The maximum Gasteiger partial charge on any atom is 0.310 e. The summed E-state index contributed by atoms with van der Waals surface area (Å²) in [6.45, 7) is 1.66. The van der Waals surface area contributed by atoms with E-state index in [0.29, 0.717) is 22.2 Å². The molecule has 34 heavy (non-hydrogen) atoms. The Bertz CT molecular complexity index is 1520. The summed E-state index contributed by atoms with van der Waals surface area (Å²) in [6.07, 6.45) is 1.40. The van der Waals surface area contributed by atoms with Crippen molar-refractivity contribution >= 4 is 50.1 Å². The lowest BCUT2D eigenvalue weighted by Crippen LogP contribution is -2.21. The number of nitrogens with one attached hydrogen (secondary N) is 1. The fraction of sp³-hybridized carbons (Fsp3) is 0.115. The van der Waals surface area contributed by atoms with Crippen LogP contribution in [0.2, 0.25) is 0 Å². The molecule has 0 radical (unpaired) electrons. The van der Waals surface area contributed by atoms with E-state index in [1.54, 1.807) is 29.5 Å². The highest BCUT2D eigenvalue weighted by atomic mass is 32.1. The van der Waals surface area contributed by atoms with Crippen molar-refractivity contribution in [1.29, 1.82) is 0 Å². The Morgan fingerprint density at radius 2 is 1.91 bits per heavy atom. The molecule has 0 aliphatic heterocycles. The number of thiazole rings is 1. The number of carbonyl (C=O) groups is 2. The number of aromatic nitrogens is 1. The van der Waals surface area contributed by atoms with Crippen LogP contribution >= 0.6 is 11.3 Å². The molecule has 3 aromatic carbocycles. The highest BCUT2D eigenvalue weighted by Crippen LogP contribution is 2.31. The van der Waals surface area contributed by atoms with Crippen molar-refractivity contribution in [3.05, 3.63) is 78.1 Å². The SMILES string of the molecule is Cc1ccc2nc(-c3ccc(NC(=O)COC(=O)Cc4coc5cc(O)ccc45)cc3)sc2c1. The molecule has 1 amide bonds. The molecule has 5 aromatic rings. The number of nitrogens with zero attached hydrogens (tertiary/aromatic N) is 1.